The molecule has 2 rings (SSSR count). The number of hydrogen-bond acceptors (Lipinski definition) is 5. The van der Waals surface area contributed by atoms with Crippen molar-refractivity contribution in [3.63, 3.8) is 0 Å². The summed E-state index contributed by atoms with van der Waals surface area (Å²) in [6, 6.07) is 2.86. The van der Waals surface area contributed by atoms with E-state index in [9.17, 15) is 10.1 Å². The van der Waals surface area contributed by atoms with Crippen LogP contribution in [0.1, 0.15) is 10.8 Å². The van der Waals surface area contributed by atoms with E-state index < -0.39 is 4.92 Å². The number of nitro groups is 1. The van der Waals surface area contributed by atoms with Gasteiger partial charge in [-0.3, -0.25) is 10.1 Å². The molecule has 2 aromatic heterocycles. The average molecular weight is 222 g/mol. The molecule has 2 heterocycles. The molecule has 0 atom stereocenters. The highest BCUT2D eigenvalue weighted by Crippen LogP contribution is 2.18. The smallest absolute Gasteiger partial charge is 0.401 e. The van der Waals surface area contributed by atoms with Gasteiger partial charge in [0.1, 0.15) is 15.7 Å². The third-order valence-electron chi connectivity index (χ3n) is 1.63. The number of rotatable bonds is 3. The molecule has 0 fully saturated rings. The van der Waals surface area contributed by atoms with Crippen molar-refractivity contribution in [1.29, 1.82) is 0 Å². The lowest BCUT2D eigenvalue weighted by atomic mass is 10.4. The second-order valence-corrected chi connectivity index (χ2v) is 3.56. The van der Waals surface area contributed by atoms with Crippen LogP contribution in [0.3, 0.4) is 0 Å². The van der Waals surface area contributed by atoms with Crippen molar-refractivity contribution in [3.8, 4) is 0 Å². The molecule has 0 aliphatic heterocycles. The Morgan fingerprint density at radius 1 is 1.47 bits per heavy atom. The molecule has 15 heavy (non-hydrogen) atoms. The summed E-state index contributed by atoms with van der Waals surface area (Å²) < 4.78 is 4.93. The lowest BCUT2D eigenvalue weighted by molar-refractivity contribution is -0.402. The van der Waals surface area contributed by atoms with Gasteiger partial charge in [0.15, 0.2) is 0 Å². The van der Waals surface area contributed by atoms with Crippen molar-refractivity contribution >= 4 is 29.4 Å². The van der Waals surface area contributed by atoms with E-state index in [1.807, 2.05) is 5.38 Å². The summed E-state index contributed by atoms with van der Waals surface area (Å²) in [4.78, 5) is 13.8. The van der Waals surface area contributed by atoms with Crippen LogP contribution < -0.4 is 0 Å². The molecule has 0 saturated carbocycles. The van der Waals surface area contributed by atoms with Gasteiger partial charge in [0.2, 0.25) is 0 Å². The molecule has 76 valence electrons. The first kappa shape index (κ1) is 9.60. The van der Waals surface area contributed by atoms with E-state index in [1.54, 1.807) is 24.4 Å². The molecular formula is C9H6N2O3S. The maximum atomic E-state index is 10.3. The number of hydrogen-bond donors (Lipinski definition) is 0. The lowest BCUT2D eigenvalue weighted by Crippen LogP contribution is -1.82. The Kier molecular flexibility index (Phi) is 2.59. The second-order valence-electron chi connectivity index (χ2n) is 2.64. The summed E-state index contributed by atoms with van der Waals surface area (Å²) in [6.45, 7) is 0. The third kappa shape index (κ3) is 2.29. The summed E-state index contributed by atoms with van der Waals surface area (Å²) in [7, 11) is 0. The van der Waals surface area contributed by atoms with E-state index in [1.165, 1.54) is 17.4 Å². The monoisotopic (exact) mass is 222 g/mol. The molecule has 0 radical (unpaired) electrons. The van der Waals surface area contributed by atoms with Gasteiger partial charge in [-0.05, 0) is 18.2 Å². The molecule has 0 unspecified atom stereocenters. The van der Waals surface area contributed by atoms with Crippen molar-refractivity contribution in [1.82, 2.24) is 4.98 Å². The molecule has 0 bridgehead atoms. The normalized spacial score (nSPS) is 10.9. The minimum absolute atomic E-state index is 0.256. The predicted molar refractivity (Wildman–Crippen MR) is 56.4 cm³/mol. The van der Waals surface area contributed by atoms with Gasteiger partial charge >= 0.3 is 5.88 Å². The lowest BCUT2D eigenvalue weighted by Gasteiger charge is -1.83. The molecular weight excluding hydrogens is 216 g/mol. The Hall–Kier alpha value is -1.95. The second kappa shape index (κ2) is 4.05. The fourth-order valence-electron chi connectivity index (χ4n) is 1.00. The number of thiazole rings is 1. The fourth-order valence-corrected chi connectivity index (χ4v) is 1.53. The first-order valence-electron chi connectivity index (χ1n) is 4.07. The highest BCUT2D eigenvalue weighted by Gasteiger charge is 2.09. The van der Waals surface area contributed by atoms with Gasteiger partial charge in [-0.25, -0.2) is 4.98 Å². The predicted octanol–water partition coefficient (Wildman–Crippen LogP) is 2.81. The molecule has 0 amide bonds. The summed E-state index contributed by atoms with van der Waals surface area (Å²) in [6.07, 6.45) is 5.08. The standard InChI is InChI=1S/C9H6N2O3S/c12-11(13)9-4-2-7(14-9)1-3-8-10-5-6-15-8/h1-6H. The summed E-state index contributed by atoms with van der Waals surface area (Å²) >= 11 is 1.48. The van der Waals surface area contributed by atoms with Crippen LogP contribution in [0.15, 0.2) is 28.1 Å². The quantitative estimate of drug-likeness (QED) is 0.591. The van der Waals surface area contributed by atoms with Crippen LogP contribution in [0.5, 0.6) is 0 Å². The first-order chi connectivity index (χ1) is 7.25. The average Bonchev–Trinajstić information content (AvgIpc) is 2.86. The molecule has 2 aromatic rings. The van der Waals surface area contributed by atoms with E-state index in [0.29, 0.717) is 5.76 Å². The van der Waals surface area contributed by atoms with Gasteiger partial charge in [-0.15, -0.1) is 11.3 Å². The molecule has 0 aromatic carbocycles. The van der Waals surface area contributed by atoms with Crippen molar-refractivity contribution in [3.05, 3.63) is 44.6 Å². The summed E-state index contributed by atoms with van der Waals surface area (Å²) in [5.74, 6) is 0.186. The summed E-state index contributed by atoms with van der Waals surface area (Å²) in [5.41, 5.74) is 0. The SMILES string of the molecule is O=[N+]([O-])c1ccc(C=Cc2nccs2)o1. The van der Waals surface area contributed by atoms with Gasteiger partial charge < -0.3 is 4.42 Å². The fraction of sp³-hybridized carbons (Fsp3) is 0. The minimum atomic E-state index is -0.569. The zero-order valence-electron chi connectivity index (χ0n) is 7.49. The molecule has 0 spiro atoms. The maximum absolute atomic E-state index is 10.3. The third-order valence-corrected chi connectivity index (χ3v) is 2.37. The molecule has 0 aliphatic rings. The van der Waals surface area contributed by atoms with E-state index in [4.69, 9.17) is 4.42 Å². The summed E-state index contributed by atoms with van der Waals surface area (Å²) in [5, 5.41) is 13.0. The Bertz CT molecular complexity index is 487. The van der Waals surface area contributed by atoms with Crippen LogP contribution in [0, 0.1) is 10.1 Å². The van der Waals surface area contributed by atoms with Gasteiger partial charge in [0.25, 0.3) is 0 Å². The Morgan fingerprint density at radius 2 is 2.33 bits per heavy atom. The van der Waals surface area contributed by atoms with Crippen LogP contribution in [0.2, 0.25) is 0 Å². The molecule has 5 nitrogen and oxygen atoms in total. The van der Waals surface area contributed by atoms with Gasteiger partial charge in [-0.2, -0.15) is 0 Å². The van der Waals surface area contributed by atoms with E-state index in [2.05, 4.69) is 4.98 Å². The van der Waals surface area contributed by atoms with Crippen molar-refractivity contribution in [2.45, 2.75) is 0 Å². The van der Waals surface area contributed by atoms with Gasteiger partial charge in [0, 0.05) is 11.6 Å². The molecule has 0 saturated heterocycles. The van der Waals surface area contributed by atoms with E-state index >= 15 is 0 Å². The Balaban J connectivity index is 2.14. The molecule has 0 N–H and O–H groups in total. The van der Waals surface area contributed by atoms with Crippen molar-refractivity contribution in [2.24, 2.45) is 0 Å². The van der Waals surface area contributed by atoms with Gasteiger partial charge in [0.05, 0.1) is 6.07 Å². The van der Waals surface area contributed by atoms with Crippen LogP contribution in [-0.4, -0.2) is 9.91 Å². The topological polar surface area (TPSA) is 69.2 Å². The Morgan fingerprint density at radius 3 is 2.93 bits per heavy atom. The highest BCUT2D eigenvalue weighted by atomic mass is 32.1. The van der Waals surface area contributed by atoms with Crippen LogP contribution in [0.4, 0.5) is 5.88 Å². The van der Waals surface area contributed by atoms with Crippen LogP contribution >= 0.6 is 11.3 Å². The number of furan rings is 1. The number of aromatic nitrogens is 1. The Labute approximate surface area is 88.8 Å². The zero-order chi connectivity index (χ0) is 10.7. The van der Waals surface area contributed by atoms with Crippen molar-refractivity contribution < 1.29 is 9.34 Å². The van der Waals surface area contributed by atoms with E-state index in [0.717, 1.165) is 5.01 Å². The largest absolute Gasteiger partial charge is 0.433 e. The minimum Gasteiger partial charge on any atom is -0.401 e. The highest BCUT2D eigenvalue weighted by molar-refractivity contribution is 7.10. The molecule has 6 heteroatoms. The molecule has 0 aliphatic carbocycles. The zero-order valence-corrected chi connectivity index (χ0v) is 8.31. The van der Waals surface area contributed by atoms with Crippen molar-refractivity contribution in [2.75, 3.05) is 0 Å². The first-order valence-corrected chi connectivity index (χ1v) is 4.95. The maximum Gasteiger partial charge on any atom is 0.433 e. The van der Waals surface area contributed by atoms with Crippen LogP contribution in [-0.2, 0) is 0 Å². The van der Waals surface area contributed by atoms with E-state index in [-0.39, 0.29) is 5.88 Å². The number of nitrogens with zero attached hydrogens (tertiary/aromatic N) is 2. The van der Waals surface area contributed by atoms with Crippen LogP contribution in [0.25, 0.3) is 12.2 Å². The van der Waals surface area contributed by atoms with Gasteiger partial charge in [-0.1, -0.05) is 0 Å².